The molecule has 0 spiro atoms. The molecule has 0 saturated heterocycles. The third kappa shape index (κ3) is 5.84. The topological polar surface area (TPSA) is 42.3 Å². The zero-order valence-electron chi connectivity index (χ0n) is 30.0. The molecular weight excluding hydrogens is 649 g/mol. The number of hydrogen-bond donors (Lipinski definition) is 0. The van der Waals surface area contributed by atoms with Crippen LogP contribution in [0.15, 0.2) is 176 Å². The van der Waals surface area contributed by atoms with Crippen molar-refractivity contribution in [3.8, 4) is 39.1 Å². The highest BCUT2D eigenvalue weighted by Crippen LogP contribution is 2.42. The lowest BCUT2D eigenvalue weighted by atomic mass is 9.97. The average molecular weight is 687 g/mol. The number of carbonyl (C=O) groups excluding carboxylic acids is 2. The van der Waals surface area contributed by atoms with Gasteiger partial charge < -0.3 is 4.57 Å². The van der Waals surface area contributed by atoms with Crippen molar-refractivity contribution in [1.82, 2.24) is 4.57 Å². The van der Waals surface area contributed by atoms with Gasteiger partial charge in [0.15, 0.2) is 0 Å². The van der Waals surface area contributed by atoms with Crippen LogP contribution >= 0.6 is 0 Å². The van der Waals surface area contributed by atoms with Crippen LogP contribution in [0.5, 0.6) is 0 Å². The fraction of sp³-hybridized carbons (Fsp3) is 0.0612. The molecule has 9 rings (SSSR count). The summed E-state index contributed by atoms with van der Waals surface area (Å²) in [4.78, 5) is 30.4. The molecule has 1 aromatic heterocycles. The summed E-state index contributed by atoms with van der Waals surface area (Å²) in [7, 11) is 0. The summed E-state index contributed by atoms with van der Waals surface area (Å²) in [6.07, 6.45) is 4.00. The minimum Gasteiger partial charge on any atom is -0.308 e. The number of fused-ring (bicyclic) bond motifs is 4. The second kappa shape index (κ2) is 14.1. The molecule has 0 radical (unpaired) electrons. The maximum Gasteiger partial charge on any atom is 0.268 e. The first-order valence-corrected chi connectivity index (χ1v) is 17.9. The Balaban J connectivity index is 0.000000954. The number of benzene rings is 7. The van der Waals surface area contributed by atoms with Crippen molar-refractivity contribution in [3.63, 3.8) is 0 Å². The first-order chi connectivity index (χ1) is 26.0. The normalized spacial score (nSPS) is 12.4. The van der Waals surface area contributed by atoms with Gasteiger partial charge in [0.05, 0.1) is 33.5 Å². The third-order valence-corrected chi connectivity index (χ3v) is 10.0. The number of hydrogen-bond acceptors (Lipinski definition) is 2. The summed E-state index contributed by atoms with van der Waals surface area (Å²) in [6.45, 7) is 6.13. The highest BCUT2D eigenvalue weighted by atomic mass is 16.2. The molecule has 0 unspecified atom stereocenters. The molecule has 0 aliphatic carbocycles. The van der Waals surface area contributed by atoms with E-state index in [9.17, 15) is 9.59 Å². The Kier molecular flexibility index (Phi) is 8.87. The van der Waals surface area contributed by atoms with Crippen LogP contribution in [0.2, 0.25) is 0 Å². The fourth-order valence-corrected chi connectivity index (χ4v) is 7.36. The van der Waals surface area contributed by atoms with Crippen molar-refractivity contribution < 1.29 is 9.59 Å². The van der Waals surface area contributed by atoms with E-state index in [1.54, 1.807) is 6.07 Å². The smallest absolute Gasteiger partial charge is 0.268 e. The molecule has 4 heteroatoms. The van der Waals surface area contributed by atoms with Gasteiger partial charge >= 0.3 is 0 Å². The fourth-order valence-electron chi connectivity index (χ4n) is 7.36. The lowest BCUT2D eigenvalue weighted by Crippen LogP contribution is -2.30. The molecule has 1 aliphatic rings. The summed E-state index contributed by atoms with van der Waals surface area (Å²) >= 11 is 0. The van der Waals surface area contributed by atoms with Gasteiger partial charge in [-0.05, 0) is 96.6 Å². The standard InChI is InChI=1S/C45H30N2O2.C4H8/c1-29-13-8-9-18-34(29)33-24-26-41-38(28-33)35-19-10-11-21-39(35)46(41)42-22-12-20-36-43(42)45(49)47(44(36)48)40-25-23-32(30-14-4-2-5-15-30)27-37(40)31-16-6-3-7-17-31;1-3-4-2/h2-28H,1H3;3-4H,1-2H3/b;4-3-. The molecule has 8 aromatic rings. The molecule has 0 saturated carbocycles. The summed E-state index contributed by atoms with van der Waals surface area (Å²) in [6, 6.07) is 54.8. The summed E-state index contributed by atoms with van der Waals surface area (Å²) < 4.78 is 2.14. The second-order valence-electron chi connectivity index (χ2n) is 13.2. The van der Waals surface area contributed by atoms with Gasteiger partial charge in [-0.1, -0.05) is 133 Å². The predicted molar refractivity (Wildman–Crippen MR) is 220 cm³/mol. The van der Waals surface area contributed by atoms with Crippen molar-refractivity contribution >= 4 is 39.3 Å². The van der Waals surface area contributed by atoms with Crippen molar-refractivity contribution in [2.75, 3.05) is 4.90 Å². The van der Waals surface area contributed by atoms with Gasteiger partial charge in [0, 0.05) is 16.3 Å². The second-order valence-corrected chi connectivity index (χ2v) is 13.2. The third-order valence-electron chi connectivity index (χ3n) is 10.0. The van der Waals surface area contributed by atoms with E-state index in [2.05, 4.69) is 84.3 Å². The van der Waals surface area contributed by atoms with Crippen LogP contribution in [-0.4, -0.2) is 16.4 Å². The van der Waals surface area contributed by atoms with E-state index in [1.165, 1.54) is 16.0 Å². The van der Waals surface area contributed by atoms with E-state index in [0.717, 1.165) is 49.6 Å². The van der Waals surface area contributed by atoms with Crippen molar-refractivity contribution in [3.05, 3.63) is 193 Å². The monoisotopic (exact) mass is 686 g/mol. The van der Waals surface area contributed by atoms with Crippen molar-refractivity contribution in [2.24, 2.45) is 0 Å². The molecular formula is C49H38N2O2. The molecule has 2 heterocycles. The van der Waals surface area contributed by atoms with Crippen LogP contribution in [0.3, 0.4) is 0 Å². The van der Waals surface area contributed by atoms with Gasteiger partial charge in [-0.25, -0.2) is 4.90 Å². The quantitative estimate of drug-likeness (QED) is 0.134. The minimum absolute atomic E-state index is 0.325. The highest BCUT2D eigenvalue weighted by molar-refractivity contribution is 6.36. The van der Waals surface area contributed by atoms with E-state index in [-0.39, 0.29) is 11.8 Å². The van der Waals surface area contributed by atoms with Crippen LogP contribution in [0.4, 0.5) is 5.69 Å². The zero-order chi connectivity index (χ0) is 36.5. The van der Waals surface area contributed by atoms with Crippen molar-refractivity contribution in [2.45, 2.75) is 20.8 Å². The minimum atomic E-state index is -0.331. The molecule has 0 N–H and O–H groups in total. The number of aromatic nitrogens is 1. The number of carbonyl (C=O) groups is 2. The molecule has 7 aromatic carbocycles. The Bertz CT molecular complexity index is 2680. The first kappa shape index (κ1) is 33.4. The zero-order valence-corrected chi connectivity index (χ0v) is 30.0. The number of anilines is 1. The summed E-state index contributed by atoms with van der Waals surface area (Å²) in [5.74, 6) is -0.656. The van der Waals surface area contributed by atoms with E-state index >= 15 is 0 Å². The molecule has 0 atom stereocenters. The van der Waals surface area contributed by atoms with Gasteiger partial charge in [0.25, 0.3) is 11.8 Å². The van der Waals surface area contributed by atoms with E-state index in [0.29, 0.717) is 22.5 Å². The Morgan fingerprint density at radius 3 is 1.79 bits per heavy atom. The molecule has 0 bridgehead atoms. The number of allylic oxidation sites excluding steroid dienone is 2. The predicted octanol–water partition coefficient (Wildman–Crippen LogP) is 12.5. The number of para-hydroxylation sites is 1. The molecule has 2 amide bonds. The summed E-state index contributed by atoms with van der Waals surface area (Å²) in [5, 5.41) is 2.17. The number of nitrogens with zero attached hydrogens (tertiary/aromatic N) is 2. The molecule has 256 valence electrons. The Labute approximate surface area is 309 Å². The lowest BCUT2D eigenvalue weighted by molar-refractivity contribution is 0.0926. The maximum atomic E-state index is 14.7. The van der Waals surface area contributed by atoms with Gasteiger partial charge in [-0.3, -0.25) is 9.59 Å². The van der Waals surface area contributed by atoms with Crippen molar-refractivity contribution in [1.29, 1.82) is 0 Å². The SMILES string of the molecule is C/C=C\C.Cc1ccccc1-c1ccc2c(c1)c1ccccc1n2-c1cccc2c1C(=O)N(c1ccc(-c3ccccc3)cc1-c1ccccc1)C2=O. The highest BCUT2D eigenvalue weighted by Gasteiger charge is 2.40. The molecule has 1 aliphatic heterocycles. The van der Waals surface area contributed by atoms with Crippen LogP contribution in [0.25, 0.3) is 60.9 Å². The van der Waals surface area contributed by atoms with Gasteiger partial charge in [0.1, 0.15) is 0 Å². The summed E-state index contributed by atoms with van der Waals surface area (Å²) in [5.41, 5.74) is 11.4. The van der Waals surface area contributed by atoms with Gasteiger partial charge in [-0.15, -0.1) is 0 Å². The van der Waals surface area contributed by atoms with Crippen LogP contribution in [-0.2, 0) is 0 Å². The maximum absolute atomic E-state index is 14.7. The Hall–Kier alpha value is -6.78. The number of imide groups is 1. The number of aryl methyl sites for hydroxylation is 1. The number of amides is 2. The number of rotatable bonds is 5. The largest absolute Gasteiger partial charge is 0.308 e. The lowest BCUT2D eigenvalue weighted by Gasteiger charge is -2.20. The molecule has 4 nitrogen and oxygen atoms in total. The first-order valence-electron chi connectivity index (χ1n) is 17.9. The van der Waals surface area contributed by atoms with Gasteiger partial charge in [0.2, 0.25) is 0 Å². The Morgan fingerprint density at radius 2 is 1.06 bits per heavy atom. The van der Waals surface area contributed by atoms with Crippen LogP contribution in [0.1, 0.15) is 40.1 Å². The van der Waals surface area contributed by atoms with E-state index in [4.69, 9.17) is 0 Å². The molecule has 0 fully saturated rings. The van der Waals surface area contributed by atoms with Crippen LogP contribution < -0.4 is 4.90 Å². The van der Waals surface area contributed by atoms with Gasteiger partial charge in [-0.2, -0.15) is 0 Å². The van der Waals surface area contributed by atoms with Crippen LogP contribution in [0, 0.1) is 6.92 Å². The Morgan fingerprint density at radius 1 is 0.434 bits per heavy atom. The van der Waals surface area contributed by atoms with E-state index in [1.807, 2.05) is 111 Å². The van der Waals surface area contributed by atoms with E-state index < -0.39 is 0 Å². The molecule has 53 heavy (non-hydrogen) atoms. The average Bonchev–Trinajstić information content (AvgIpc) is 3.68.